The van der Waals surface area contributed by atoms with Gasteiger partial charge in [-0.05, 0) is 0 Å². The fourth-order valence-corrected chi connectivity index (χ4v) is 0. The molecule has 0 bridgehead atoms. The molecule has 3 radical (unpaired) electrons. The first-order valence-electron chi connectivity index (χ1n) is 3.00. The van der Waals surface area contributed by atoms with Gasteiger partial charge in [0, 0.05) is 98.1 Å². The van der Waals surface area contributed by atoms with Crippen LogP contribution < -0.4 is 0 Å². The molecular formula is C8H20OY3-2. The van der Waals surface area contributed by atoms with Crippen LogP contribution in [0.2, 0.25) is 0 Å². The summed E-state index contributed by atoms with van der Waals surface area (Å²) in [6.45, 7) is 12.5. The molecule has 0 aromatic rings. The van der Waals surface area contributed by atoms with Gasteiger partial charge >= 0.3 is 0 Å². The molecule has 0 saturated carbocycles. The Balaban J connectivity index is -0.0000000112. The Bertz CT molecular complexity index is 29.8. The van der Waals surface area contributed by atoms with Crippen LogP contribution >= 0.6 is 0 Å². The number of hydrogen-bond donors (Lipinski definition) is 0. The van der Waals surface area contributed by atoms with E-state index in [1.54, 1.807) is 0 Å². The molecule has 0 aliphatic rings. The normalized spacial score (nSPS) is 6.00. The van der Waals surface area contributed by atoms with Crippen molar-refractivity contribution in [1.29, 1.82) is 0 Å². The minimum absolute atomic E-state index is 0. The van der Waals surface area contributed by atoms with Crippen LogP contribution in [0, 0.1) is 11.8 Å². The molecular weight excluding hydrogens is 379 g/mol. The molecule has 0 spiro atoms. The molecule has 0 aromatic heterocycles. The molecule has 4 heteroatoms. The van der Waals surface area contributed by atoms with E-state index in [1.807, 2.05) is 0 Å². The van der Waals surface area contributed by atoms with Gasteiger partial charge in [-0.25, -0.2) is 0 Å². The van der Waals surface area contributed by atoms with Gasteiger partial charge in [0.15, 0.2) is 0 Å². The van der Waals surface area contributed by atoms with E-state index in [9.17, 15) is 0 Å². The van der Waals surface area contributed by atoms with Crippen molar-refractivity contribution in [2.24, 2.45) is 0 Å². The number of rotatable bonds is 0. The minimum Gasteiger partial charge on any atom is -0.412 e. The topological polar surface area (TPSA) is 31.5 Å². The van der Waals surface area contributed by atoms with Crippen molar-refractivity contribution in [1.82, 2.24) is 0 Å². The molecule has 0 aromatic carbocycles. The van der Waals surface area contributed by atoms with Crippen LogP contribution in [0.4, 0.5) is 0 Å². The fraction of sp³-hybridized carbons (Fsp3) is 0.750. The van der Waals surface area contributed by atoms with Crippen molar-refractivity contribution in [3.63, 3.8) is 0 Å². The van der Waals surface area contributed by atoms with Gasteiger partial charge < -0.3 is 17.3 Å². The Hall–Kier alpha value is 3.27. The van der Waals surface area contributed by atoms with Gasteiger partial charge in [0.25, 0.3) is 0 Å². The van der Waals surface area contributed by atoms with Gasteiger partial charge in [0.05, 0.1) is 0 Å². The standard InChI is InChI=1S/2C4H9.H2O.3Y/c2*1-4(2)3;;;;/h2*1-3H3;1H2;;;/q2*-1;;;;. The third kappa shape index (κ3) is 187. The summed E-state index contributed by atoms with van der Waals surface area (Å²) >= 11 is 0. The summed E-state index contributed by atoms with van der Waals surface area (Å²) in [6, 6.07) is 0. The van der Waals surface area contributed by atoms with Gasteiger partial charge in [0.1, 0.15) is 0 Å². The van der Waals surface area contributed by atoms with E-state index in [2.05, 4.69) is 41.5 Å². The van der Waals surface area contributed by atoms with Crippen molar-refractivity contribution in [3.05, 3.63) is 11.8 Å². The predicted octanol–water partition coefficient (Wildman–Crippen LogP) is 2.41. The van der Waals surface area contributed by atoms with Gasteiger partial charge in [0.2, 0.25) is 0 Å². The molecule has 2 N–H and O–H groups in total. The second kappa shape index (κ2) is 29.2. The van der Waals surface area contributed by atoms with E-state index in [0.29, 0.717) is 0 Å². The molecule has 12 heavy (non-hydrogen) atoms. The summed E-state index contributed by atoms with van der Waals surface area (Å²) in [5.41, 5.74) is 0. The number of hydrogen-bond acceptors (Lipinski definition) is 0. The van der Waals surface area contributed by atoms with E-state index >= 15 is 0 Å². The zero-order valence-corrected chi connectivity index (χ0v) is 17.7. The zero-order valence-electron chi connectivity index (χ0n) is 9.23. The average molecular weight is 399 g/mol. The summed E-state index contributed by atoms with van der Waals surface area (Å²) in [5.74, 6) is 2.83. The van der Waals surface area contributed by atoms with Gasteiger partial charge in [-0.15, -0.1) is 0 Å². The first kappa shape index (κ1) is 36.2. The Morgan fingerprint density at radius 1 is 0.500 bits per heavy atom. The van der Waals surface area contributed by atoms with Crippen LogP contribution in [-0.2, 0) is 98.1 Å². The van der Waals surface area contributed by atoms with E-state index < -0.39 is 0 Å². The molecule has 1 nitrogen and oxygen atoms in total. The smallest absolute Gasteiger partial charge is 0 e. The summed E-state index contributed by atoms with van der Waals surface area (Å²) in [6.07, 6.45) is 0. The maximum atomic E-state index is 2.08. The molecule has 0 saturated heterocycles. The van der Waals surface area contributed by atoms with E-state index in [1.165, 1.54) is 11.8 Å². The van der Waals surface area contributed by atoms with Gasteiger partial charge in [-0.2, -0.15) is 41.5 Å². The quantitative estimate of drug-likeness (QED) is 0.561. The van der Waals surface area contributed by atoms with Gasteiger partial charge in [-0.3, -0.25) is 0 Å². The third-order valence-electron chi connectivity index (χ3n) is 0. The van der Waals surface area contributed by atoms with E-state index in [0.717, 1.165) is 0 Å². The first-order valence-corrected chi connectivity index (χ1v) is 3.00. The molecule has 0 heterocycles. The second-order valence-corrected chi connectivity index (χ2v) is 3.00. The van der Waals surface area contributed by atoms with Crippen LogP contribution in [0.25, 0.3) is 0 Å². The summed E-state index contributed by atoms with van der Waals surface area (Å²) in [7, 11) is 0. The monoisotopic (exact) mass is 399 g/mol. The Morgan fingerprint density at radius 3 is 0.500 bits per heavy atom. The molecule has 0 aliphatic heterocycles. The third-order valence-corrected chi connectivity index (χ3v) is 0. The average Bonchev–Trinajstić information content (AvgIpc) is 1.25. The molecule has 0 atom stereocenters. The van der Waals surface area contributed by atoms with Crippen molar-refractivity contribution in [3.8, 4) is 0 Å². The van der Waals surface area contributed by atoms with Crippen molar-refractivity contribution in [2.75, 3.05) is 0 Å². The van der Waals surface area contributed by atoms with Crippen LogP contribution in [0.3, 0.4) is 0 Å². The Labute approximate surface area is 154 Å². The van der Waals surface area contributed by atoms with Crippen molar-refractivity contribution < 1.29 is 104 Å². The Morgan fingerprint density at radius 2 is 0.500 bits per heavy atom. The molecule has 0 amide bonds. The van der Waals surface area contributed by atoms with Crippen molar-refractivity contribution in [2.45, 2.75) is 41.5 Å². The second-order valence-electron chi connectivity index (χ2n) is 3.00. The zero-order chi connectivity index (χ0) is 7.15. The molecule has 0 unspecified atom stereocenters. The van der Waals surface area contributed by atoms with E-state index in [4.69, 9.17) is 0 Å². The molecule has 0 fully saturated rings. The minimum atomic E-state index is 0. The summed E-state index contributed by atoms with van der Waals surface area (Å²) < 4.78 is 0. The van der Waals surface area contributed by atoms with Crippen LogP contribution in [-0.4, -0.2) is 5.48 Å². The van der Waals surface area contributed by atoms with E-state index in [-0.39, 0.29) is 104 Å². The van der Waals surface area contributed by atoms with Gasteiger partial charge in [-0.1, -0.05) is 0 Å². The molecule has 0 rings (SSSR count). The SMILES string of the molecule is C[C-](C)C.C[C-](C)C.O.[Y].[Y].[Y]. The van der Waals surface area contributed by atoms with Crippen LogP contribution in [0.15, 0.2) is 0 Å². The first-order chi connectivity index (χ1) is 3.46. The maximum Gasteiger partial charge on any atom is 0 e. The predicted molar refractivity (Wildman–Crippen MR) is 44.1 cm³/mol. The maximum absolute atomic E-state index is 2.08. The fourth-order valence-electron chi connectivity index (χ4n) is 0. The van der Waals surface area contributed by atoms with Crippen molar-refractivity contribution >= 4 is 0 Å². The Kier molecular flexibility index (Phi) is 88.2. The molecule has 0 aliphatic carbocycles. The largest absolute Gasteiger partial charge is 0.412 e. The summed E-state index contributed by atoms with van der Waals surface area (Å²) in [5, 5.41) is 0. The summed E-state index contributed by atoms with van der Waals surface area (Å²) in [4.78, 5) is 0. The van der Waals surface area contributed by atoms with Crippen LogP contribution in [0.1, 0.15) is 41.5 Å². The molecule has 69 valence electrons. The van der Waals surface area contributed by atoms with Crippen LogP contribution in [0.5, 0.6) is 0 Å².